The van der Waals surface area contributed by atoms with Crippen molar-refractivity contribution in [3.8, 4) is 28.1 Å². The van der Waals surface area contributed by atoms with E-state index in [2.05, 4.69) is 59.2 Å². The summed E-state index contributed by atoms with van der Waals surface area (Å²) in [5.41, 5.74) is 5.41. The van der Waals surface area contributed by atoms with Crippen LogP contribution < -0.4 is 10.1 Å². The van der Waals surface area contributed by atoms with Crippen molar-refractivity contribution in [3.63, 3.8) is 0 Å². The van der Waals surface area contributed by atoms with Gasteiger partial charge in [0.2, 0.25) is 0 Å². The monoisotopic (exact) mass is 438 g/mol. The van der Waals surface area contributed by atoms with Crippen LogP contribution in [0.3, 0.4) is 0 Å². The number of hydrogen-bond acceptors (Lipinski definition) is 4. The normalized spacial score (nSPS) is 10.1. The van der Waals surface area contributed by atoms with E-state index in [9.17, 15) is 0 Å². The molecule has 1 aromatic heterocycles. The molecule has 5 heteroatoms. The van der Waals surface area contributed by atoms with Gasteiger partial charge in [0.05, 0.1) is 18.5 Å². The summed E-state index contributed by atoms with van der Waals surface area (Å²) in [5.74, 6) is 0.802. The molecule has 0 saturated heterocycles. The maximum atomic E-state index is 5.38. The number of thiazole rings is 1. The molecule has 0 saturated carbocycles. The maximum absolute atomic E-state index is 5.38. The lowest BCUT2D eigenvalue weighted by Gasteiger charge is -2.08. The zero-order valence-electron chi connectivity index (χ0n) is 14.8. The highest BCUT2D eigenvalue weighted by Crippen LogP contribution is 2.31. The molecule has 4 aromatic rings. The van der Waals surface area contributed by atoms with Crippen molar-refractivity contribution in [2.75, 3.05) is 12.4 Å². The quantitative estimate of drug-likeness (QED) is 0.371. The van der Waals surface area contributed by atoms with Crippen molar-refractivity contribution in [2.45, 2.75) is 0 Å². The Labute approximate surface area is 173 Å². The van der Waals surface area contributed by atoms with Gasteiger partial charge in [0.1, 0.15) is 5.75 Å². The molecular weight excluding hydrogens is 420 g/mol. The largest absolute Gasteiger partial charge is 0.495 e. The summed E-state index contributed by atoms with van der Waals surface area (Å²) in [4.78, 5) is 4.71. The van der Waals surface area contributed by atoms with Gasteiger partial charge in [-0.05, 0) is 23.3 Å². The SMILES string of the molecule is Br.COc1ccccc1Nc1nc(-c2ccc(-c3ccccc3)cc2)cs1. The summed E-state index contributed by atoms with van der Waals surface area (Å²) in [6.07, 6.45) is 0. The molecule has 1 heterocycles. The van der Waals surface area contributed by atoms with Gasteiger partial charge in [0, 0.05) is 10.9 Å². The molecule has 0 bridgehead atoms. The van der Waals surface area contributed by atoms with Crippen LogP contribution in [0.5, 0.6) is 5.75 Å². The predicted molar refractivity (Wildman–Crippen MR) is 120 cm³/mol. The van der Waals surface area contributed by atoms with E-state index >= 15 is 0 Å². The van der Waals surface area contributed by atoms with Crippen LogP contribution in [0.25, 0.3) is 22.4 Å². The Balaban J connectivity index is 0.00000210. The fourth-order valence-electron chi connectivity index (χ4n) is 2.79. The molecule has 0 amide bonds. The second-order valence-electron chi connectivity index (χ2n) is 5.81. The van der Waals surface area contributed by atoms with Crippen LogP contribution in [0.15, 0.2) is 84.2 Å². The molecule has 0 atom stereocenters. The summed E-state index contributed by atoms with van der Waals surface area (Å²) in [5, 5.41) is 6.24. The summed E-state index contributed by atoms with van der Waals surface area (Å²) < 4.78 is 5.38. The van der Waals surface area contributed by atoms with Gasteiger partial charge in [-0.3, -0.25) is 0 Å². The third-order valence-electron chi connectivity index (χ3n) is 4.14. The van der Waals surface area contributed by atoms with Gasteiger partial charge in [0.25, 0.3) is 0 Å². The minimum absolute atomic E-state index is 0. The van der Waals surface area contributed by atoms with Crippen LogP contribution in [0.2, 0.25) is 0 Å². The Morgan fingerprint density at radius 3 is 2.15 bits per heavy atom. The van der Waals surface area contributed by atoms with Crippen molar-refractivity contribution in [3.05, 3.63) is 84.2 Å². The van der Waals surface area contributed by atoms with Crippen LogP contribution in [-0.2, 0) is 0 Å². The Bertz CT molecular complexity index is 1000. The molecule has 0 fully saturated rings. The van der Waals surface area contributed by atoms with Crippen LogP contribution in [0.4, 0.5) is 10.8 Å². The van der Waals surface area contributed by atoms with E-state index in [1.807, 2.05) is 30.3 Å². The van der Waals surface area contributed by atoms with Crippen molar-refractivity contribution < 1.29 is 4.74 Å². The second kappa shape index (κ2) is 8.84. The van der Waals surface area contributed by atoms with Gasteiger partial charge in [-0.25, -0.2) is 4.98 Å². The molecule has 0 aliphatic heterocycles. The molecule has 0 unspecified atom stereocenters. The van der Waals surface area contributed by atoms with Gasteiger partial charge in [-0.2, -0.15) is 0 Å². The average molecular weight is 439 g/mol. The lowest BCUT2D eigenvalue weighted by atomic mass is 10.0. The number of hydrogen-bond donors (Lipinski definition) is 1. The molecule has 0 aliphatic rings. The van der Waals surface area contributed by atoms with E-state index in [-0.39, 0.29) is 17.0 Å². The van der Waals surface area contributed by atoms with Crippen LogP contribution >= 0.6 is 28.3 Å². The van der Waals surface area contributed by atoms with Crippen LogP contribution in [-0.4, -0.2) is 12.1 Å². The van der Waals surface area contributed by atoms with E-state index in [1.54, 1.807) is 18.4 Å². The fraction of sp³-hybridized carbons (Fsp3) is 0.0455. The summed E-state index contributed by atoms with van der Waals surface area (Å²) in [6.45, 7) is 0. The molecule has 3 aromatic carbocycles. The van der Waals surface area contributed by atoms with Gasteiger partial charge in [0.15, 0.2) is 5.13 Å². The Kier molecular flexibility index (Phi) is 6.27. The first-order valence-electron chi connectivity index (χ1n) is 8.35. The highest BCUT2D eigenvalue weighted by atomic mass is 79.9. The van der Waals surface area contributed by atoms with E-state index in [0.717, 1.165) is 27.8 Å². The van der Waals surface area contributed by atoms with Crippen molar-refractivity contribution >= 4 is 39.1 Å². The number of aromatic nitrogens is 1. The molecule has 0 aliphatic carbocycles. The molecule has 1 N–H and O–H groups in total. The van der Waals surface area contributed by atoms with E-state index in [1.165, 1.54) is 11.1 Å². The number of benzene rings is 3. The number of methoxy groups -OCH3 is 1. The van der Waals surface area contributed by atoms with Crippen molar-refractivity contribution in [2.24, 2.45) is 0 Å². The summed E-state index contributed by atoms with van der Waals surface area (Å²) >= 11 is 1.58. The van der Waals surface area contributed by atoms with Crippen LogP contribution in [0, 0.1) is 0 Å². The van der Waals surface area contributed by atoms with Gasteiger partial charge >= 0.3 is 0 Å². The molecular formula is C22H19BrN2OS. The second-order valence-corrected chi connectivity index (χ2v) is 6.66. The molecule has 136 valence electrons. The van der Waals surface area contributed by atoms with Gasteiger partial charge < -0.3 is 10.1 Å². The molecule has 0 radical (unpaired) electrons. The highest BCUT2D eigenvalue weighted by molar-refractivity contribution is 8.93. The molecule has 4 rings (SSSR count). The lowest BCUT2D eigenvalue weighted by Crippen LogP contribution is -1.93. The molecule has 27 heavy (non-hydrogen) atoms. The molecule has 0 spiro atoms. The lowest BCUT2D eigenvalue weighted by molar-refractivity contribution is 0.417. The first-order chi connectivity index (χ1) is 12.8. The van der Waals surface area contributed by atoms with Crippen molar-refractivity contribution in [1.82, 2.24) is 4.98 Å². The zero-order chi connectivity index (χ0) is 17.8. The highest BCUT2D eigenvalue weighted by Gasteiger charge is 2.08. The minimum atomic E-state index is 0. The first-order valence-corrected chi connectivity index (χ1v) is 9.23. The zero-order valence-corrected chi connectivity index (χ0v) is 17.3. The summed E-state index contributed by atoms with van der Waals surface area (Å²) in [6, 6.07) is 26.7. The van der Waals surface area contributed by atoms with E-state index in [0.29, 0.717) is 0 Å². The first kappa shape index (κ1) is 19.1. The Morgan fingerprint density at radius 1 is 0.778 bits per heavy atom. The summed E-state index contributed by atoms with van der Waals surface area (Å²) in [7, 11) is 1.67. The maximum Gasteiger partial charge on any atom is 0.187 e. The number of anilines is 2. The van der Waals surface area contributed by atoms with E-state index in [4.69, 9.17) is 9.72 Å². The number of para-hydroxylation sites is 2. The average Bonchev–Trinajstić information content (AvgIpc) is 3.18. The number of nitrogens with one attached hydrogen (secondary N) is 1. The van der Waals surface area contributed by atoms with E-state index < -0.39 is 0 Å². The van der Waals surface area contributed by atoms with Crippen molar-refractivity contribution in [1.29, 1.82) is 0 Å². The Hall–Kier alpha value is -2.63. The topological polar surface area (TPSA) is 34.1 Å². The Morgan fingerprint density at radius 2 is 1.41 bits per heavy atom. The van der Waals surface area contributed by atoms with Gasteiger partial charge in [-0.1, -0.05) is 66.7 Å². The third-order valence-corrected chi connectivity index (χ3v) is 4.90. The third kappa shape index (κ3) is 4.38. The number of nitrogens with zero attached hydrogens (tertiary/aromatic N) is 1. The number of rotatable bonds is 5. The predicted octanol–water partition coefficient (Wildman–Crippen LogP) is 6.81. The fourth-order valence-corrected chi connectivity index (χ4v) is 3.52. The number of halogens is 1. The minimum Gasteiger partial charge on any atom is -0.495 e. The smallest absolute Gasteiger partial charge is 0.187 e. The molecule has 3 nitrogen and oxygen atoms in total. The standard InChI is InChI=1S/C22H18N2OS.BrH/c1-25-21-10-6-5-9-19(21)23-22-24-20(15-26-22)18-13-11-17(12-14-18)16-7-3-2-4-8-16;/h2-15H,1H3,(H,23,24);1H. The van der Waals surface area contributed by atoms with Gasteiger partial charge in [-0.15, -0.1) is 28.3 Å². The van der Waals surface area contributed by atoms with Crippen LogP contribution in [0.1, 0.15) is 0 Å². The number of ether oxygens (including phenoxy) is 1.